The Labute approximate surface area is 130 Å². The summed E-state index contributed by atoms with van der Waals surface area (Å²) in [4.78, 5) is 22.5. The molecule has 0 aliphatic carbocycles. The van der Waals surface area contributed by atoms with Crippen LogP contribution in [0.1, 0.15) is 29.7 Å². The summed E-state index contributed by atoms with van der Waals surface area (Å²) in [6.45, 7) is 1.29. The van der Waals surface area contributed by atoms with E-state index in [0.717, 1.165) is 37.1 Å². The van der Waals surface area contributed by atoms with Gasteiger partial charge in [-0.05, 0) is 30.4 Å². The van der Waals surface area contributed by atoms with Gasteiger partial charge in [-0.15, -0.1) is 0 Å². The largest absolute Gasteiger partial charge is 0.368 e. The smallest absolute Gasteiger partial charge is 0.222 e. The highest BCUT2D eigenvalue weighted by Gasteiger charge is 2.21. The Morgan fingerprint density at radius 3 is 2.91 bits per heavy atom. The second-order valence-corrected chi connectivity index (χ2v) is 5.60. The molecule has 2 aromatic rings. The Morgan fingerprint density at radius 2 is 2.09 bits per heavy atom. The van der Waals surface area contributed by atoms with Crippen molar-refractivity contribution in [2.24, 2.45) is 0 Å². The van der Waals surface area contributed by atoms with Crippen molar-refractivity contribution in [1.82, 2.24) is 14.9 Å². The van der Waals surface area contributed by atoms with E-state index in [-0.39, 0.29) is 11.9 Å². The van der Waals surface area contributed by atoms with E-state index in [1.807, 2.05) is 23.1 Å². The molecule has 0 saturated carbocycles. The van der Waals surface area contributed by atoms with Crippen LogP contribution < -0.4 is 5.73 Å². The van der Waals surface area contributed by atoms with Gasteiger partial charge in [-0.2, -0.15) is 0 Å². The van der Waals surface area contributed by atoms with Crippen molar-refractivity contribution in [3.05, 3.63) is 53.3 Å². The summed E-state index contributed by atoms with van der Waals surface area (Å²) >= 11 is 0. The van der Waals surface area contributed by atoms with E-state index < -0.39 is 0 Å². The van der Waals surface area contributed by atoms with Gasteiger partial charge in [0.2, 0.25) is 11.9 Å². The number of carbonyl (C=O) groups is 1. The third-order valence-corrected chi connectivity index (χ3v) is 4.02. The van der Waals surface area contributed by atoms with Gasteiger partial charge in [0.15, 0.2) is 0 Å². The lowest BCUT2D eigenvalue weighted by Crippen LogP contribution is -2.36. The fourth-order valence-electron chi connectivity index (χ4n) is 2.78. The van der Waals surface area contributed by atoms with E-state index in [2.05, 4.69) is 22.1 Å². The van der Waals surface area contributed by atoms with Crippen molar-refractivity contribution in [2.75, 3.05) is 12.3 Å². The van der Waals surface area contributed by atoms with Crippen molar-refractivity contribution in [1.29, 1.82) is 0 Å². The van der Waals surface area contributed by atoms with Gasteiger partial charge in [0, 0.05) is 19.2 Å². The average Bonchev–Trinajstić information content (AvgIpc) is 2.55. The summed E-state index contributed by atoms with van der Waals surface area (Å²) < 4.78 is 0. The van der Waals surface area contributed by atoms with Gasteiger partial charge >= 0.3 is 0 Å². The van der Waals surface area contributed by atoms with E-state index in [1.165, 1.54) is 5.56 Å². The van der Waals surface area contributed by atoms with Crippen LogP contribution >= 0.6 is 0 Å². The van der Waals surface area contributed by atoms with Crippen LogP contribution in [-0.2, 0) is 24.2 Å². The molecule has 1 aliphatic heterocycles. The maximum Gasteiger partial charge on any atom is 0.222 e. The Morgan fingerprint density at radius 1 is 1.27 bits per heavy atom. The molecule has 1 aromatic carbocycles. The van der Waals surface area contributed by atoms with E-state index in [1.54, 1.807) is 6.20 Å². The number of fused-ring (bicyclic) bond motifs is 1. The highest BCUT2D eigenvalue weighted by Crippen LogP contribution is 2.18. The minimum Gasteiger partial charge on any atom is -0.368 e. The first-order valence-electron chi connectivity index (χ1n) is 7.64. The van der Waals surface area contributed by atoms with E-state index in [9.17, 15) is 4.79 Å². The molecule has 0 bridgehead atoms. The molecular formula is C17H20N4O. The van der Waals surface area contributed by atoms with Crippen molar-refractivity contribution >= 4 is 11.9 Å². The van der Waals surface area contributed by atoms with Crippen molar-refractivity contribution in [2.45, 2.75) is 32.2 Å². The first-order chi connectivity index (χ1) is 10.7. The van der Waals surface area contributed by atoms with Crippen LogP contribution in [0.15, 0.2) is 36.5 Å². The fraction of sp³-hybridized carbons (Fsp3) is 0.353. The molecule has 1 aliphatic rings. The Kier molecular flexibility index (Phi) is 4.32. The molecule has 2 heterocycles. The summed E-state index contributed by atoms with van der Waals surface area (Å²) in [6, 6.07) is 10.3. The average molecular weight is 296 g/mol. The number of nitrogens with two attached hydrogens (primary N) is 1. The molecule has 2 N–H and O–H groups in total. The normalized spacial score (nSPS) is 13.7. The van der Waals surface area contributed by atoms with Gasteiger partial charge in [-0.25, -0.2) is 9.97 Å². The zero-order valence-corrected chi connectivity index (χ0v) is 12.5. The molecule has 0 unspecified atom stereocenters. The number of aromatic nitrogens is 2. The van der Waals surface area contributed by atoms with Crippen LogP contribution in [0.4, 0.5) is 5.95 Å². The quantitative estimate of drug-likeness (QED) is 0.936. The second-order valence-electron chi connectivity index (χ2n) is 5.60. The molecular weight excluding hydrogens is 276 g/mol. The zero-order chi connectivity index (χ0) is 15.4. The number of amides is 1. The van der Waals surface area contributed by atoms with Crippen LogP contribution in [-0.4, -0.2) is 27.3 Å². The van der Waals surface area contributed by atoms with Crippen molar-refractivity contribution < 1.29 is 4.79 Å². The minimum absolute atomic E-state index is 0.193. The number of anilines is 1. The molecule has 5 nitrogen and oxygen atoms in total. The first kappa shape index (κ1) is 14.5. The Balaban J connectivity index is 1.53. The Hall–Kier alpha value is -2.43. The van der Waals surface area contributed by atoms with E-state index in [0.29, 0.717) is 13.0 Å². The number of nitrogen functional groups attached to an aromatic ring is 1. The number of nitrogens with zero attached hydrogens (tertiary/aromatic N) is 3. The molecule has 1 aromatic heterocycles. The van der Waals surface area contributed by atoms with Gasteiger partial charge in [-0.1, -0.05) is 30.3 Å². The van der Waals surface area contributed by atoms with E-state index in [4.69, 9.17) is 5.73 Å². The molecule has 0 saturated heterocycles. The summed E-state index contributed by atoms with van der Waals surface area (Å²) in [5, 5.41) is 0. The van der Waals surface area contributed by atoms with Crippen LogP contribution in [0, 0.1) is 0 Å². The topological polar surface area (TPSA) is 72.1 Å². The number of benzene rings is 1. The third-order valence-electron chi connectivity index (χ3n) is 4.02. The Bertz CT molecular complexity index is 657. The standard InChI is InChI=1S/C17H20N4O/c18-17-19-11-14-9-10-21(12-15(14)20-17)16(22)8-4-7-13-5-2-1-3-6-13/h1-3,5-6,11H,4,7-10,12H2,(H2,18,19,20). The molecule has 114 valence electrons. The van der Waals surface area contributed by atoms with Gasteiger partial charge in [0.05, 0.1) is 12.2 Å². The molecule has 0 radical (unpaired) electrons. The zero-order valence-electron chi connectivity index (χ0n) is 12.5. The molecule has 22 heavy (non-hydrogen) atoms. The molecule has 0 spiro atoms. The number of carbonyl (C=O) groups excluding carboxylic acids is 1. The SMILES string of the molecule is Nc1ncc2c(n1)CN(C(=O)CCCc1ccccc1)CC2. The summed E-state index contributed by atoms with van der Waals surface area (Å²) in [7, 11) is 0. The molecule has 3 rings (SSSR count). The summed E-state index contributed by atoms with van der Waals surface area (Å²) in [5.74, 6) is 0.468. The van der Waals surface area contributed by atoms with Crippen LogP contribution in [0.5, 0.6) is 0 Å². The third kappa shape index (κ3) is 3.42. The monoisotopic (exact) mass is 296 g/mol. The number of hydrogen-bond acceptors (Lipinski definition) is 4. The van der Waals surface area contributed by atoms with Gasteiger partial charge in [0.1, 0.15) is 0 Å². The predicted molar refractivity (Wildman–Crippen MR) is 84.9 cm³/mol. The minimum atomic E-state index is 0.193. The number of rotatable bonds is 4. The van der Waals surface area contributed by atoms with Crippen molar-refractivity contribution in [3.8, 4) is 0 Å². The van der Waals surface area contributed by atoms with Gasteiger partial charge in [0.25, 0.3) is 0 Å². The van der Waals surface area contributed by atoms with Crippen LogP contribution in [0.3, 0.4) is 0 Å². The first-order valence-corrected chi connectivity index (χ1v) is 7.64. The van der Waals surface area contributed by atoms with Crippen molar-refractivity contribution in [3.63, 3.8) is 0 Å². The highest BCUT2D eigenvalue weighted by molar-refractivity contribution is 5.76. The molecule has 5 heteroatoms. The van der Waals surface area contributed by atoms with Gasteiger partial charge < -0.3 is 10.6 Å². The molecule has 0 atom stereocenters. The van der Waals surface area contributed by atoms with Crippen LogP contribution in [0.25, 0.3) is 0 Å². The lowest BCUT2D eigenvalue weighted by atomic mass is 10.0. The molecule has 0 fully saturated rings. The lowest BCUT2D eigenvalue weighted by molar-refractivity contribution is -0.132. The summed E-state index contributed by atoms with van der Waals surface area (Å²) in [6.07, 6.45) is 4.96. The maximum atomic E-state index is 12.3. The van der Waals surface area contributed by atoms with E-state index >= 15 is 0 Å². The maximum absolute atomic E-state index is 12.3. The molecule has 1 amide bonds. The fourth-order valence-corrected chi connectivity index (χ4v) is 2.78. The predicted octanol–water partition coefficient (Wildman–Crippen LogP) is 1.97. The second kappa shape index (κ2) is 6.56. The van der Waals surface area contributed by atoms with Crippen LogP contribution in [0.2, 0.25) is 0 Å². The summed E-state index contributed by atoms with van der Waals surface area (Å²) in [5.41, 5.74) is 8.88. The van der Waals surface area contributed by atoms with Gasteiger partial charge in [-0.3, -0.25) is 4.79 Å². The number of hydrogen-bond donors (Lipinski definition) is 1. The highest BCUT2D eigenvalue weighted by atomic mass is 16.2. The lowest BCUT2D eigenvalue weighted by Gasteiger charge is -2.28. The number of aryl methyl sites for hydroxylation is 1.